The van der Waals surface area contributed by atoms with Crippen molar-refractivity contribution >= 4 is 22.6 Å². The van der Waals surface area contributed by atoms with Gasteiger partial charge >= 0.3 is 0 Å². The Morgan fingerprint density at radius 2 is 2.33 bits per heavy atom. The Bertz CT molecular complexity index is 224. The van der Waals surface area contributed by atoms with Gasteiger partial charge in [0.25, 0.3) is 0 Å². The lowest BCUT2D eigenvalue weighted by Gasteiger charge is -1.93. The Kier molecular flexibility index (Phi) is 2.00. The molecule has 0 saturated carbocycles. The fourth-order valence-corrected chi connectivity index (χ4v) is 0.819. The molecular weight excluding hydrogens is 232 g/mol. The largest absolute Gasteiger partial charge is 0.247 e. The van der Waals surface area contributed by atoms with Crippen LogP contribution < -0.4 is 0 Å². The highest BCUT2D eigenvalue weighted by Crippen LogP contribution is 2.07. The van der Waals surface area contributed by atoms with E-state index in [-0.39, 0.29) is 5.82 Å². The second kappa shape index (κ2) is 2.60. The van der Waals surface area contributed by atoms with Crippen LogP contribution in [0.5, 0.6) is 0 Å². The maximum atomic E-state index is 12.3. The monoisotopic (exact) mass is 237 g/mol. The van der Waals surface area contributed by atoms with Crippen LogP contribution in [0.2, 0.25) is 0 Å². The average Bonchev–Trinajstić information content (AvgIpc) is 1.80. The molecule has 1 rings (SSSR count). The Balaban J connectivity index is 3.17. The first-order valence-corrected chi connectivity index (χ1v) is 3.55. The molecule has 0 spiro atoms. The Labute approximate surface area is 66.4 Å². The minimum absolute atomic E-state index is 0.270. The van der Waals surface area contributed by atoms with Crippen LogP contribution in [0.1, 0.15) is 5.56 Å². The molecule has 0 amide bonds. The summed E-state index contributed by atoms with van der Waals surface area (Å²) in [7, 11) is 0. The number of hydrogen-bond donors (Lipinski definition) is 0. The molecule has 1 heterocycles. The zero-order valence-corrected chi connectivity index (χ0v) is 7.02. The summed E-state index contributed by atoms with van der Waals surface area (Å²) in [5, 5.41) is 0. The van der Waals surface area contributed by atoms with Gasteiger partial charge in [-0.25, -0.2) is 9.37 Å². The normalized spacial score (nSPS) is 9.67. The van der Waals surface area contributed by atoms with Gasteiger partial charge in [-0.1, -0.05) is 0 Å². The quantitative estimate of drug-likeness (QED) is 0.497. The molecule has 1 aromatic heterocycles. The van der Waals surface area contributed by atoms with Gasteiger partial charge < -0.3 is 0 Å². The molecule has 0 aliphatic heterocycles. The molecule has 48 valence electrons. The van der Waals surface area contributed by atoms with Crippen molar-refractivity contribution in [1.29, 1.82) is 0 Å². The van der Waals surface area contributed by atoms with Crippen molar-refractivity contribution in [3.8, 4) is 0 Å². The van der Waals surface area contributed by atoms with E-state index in [1.165, 1.54) is 12.3 Å². The third kappa shape index (κ3) is 1.61. The highest BCUT2D eigenvalue weighted by atomic mass is 127. The molecule has 0 aliphatic carbocycles. The van der Waals surface area contributed by atoms with Crippen molar-refractivity contribution in [2.75, 3.05) is 0 Å². The van der Waals surface area contributed by atoms with Crippen molar-refractivity contribution < 1.29 is 4.39 Å². The van der Waals surface area contributed by atoms with Crippen molar-refractivity contribution in [2.45, 2.75) is 6.92 Å². The highest BCUT2D eigenvalue weighted by Gasteiger charge is 1.94. The first-order chi connectivity index (χ1) is 4.20. The lowest BCUT2D eigenvalue weighted by molar-refractivity contribution is 0.619. The van der Waals surface area contributed by atoms with Crippen molar-refractivity contribution in [3.63, 3.8) is 0 Å². The molecular formula is C6H5FIN. The van der Waals surface area contributed by atoms with Crippen molar-refractivity contribution in [2.24, 2.45) is 0 Å². The molecule has 0 fully saturated rings. The Hall–Kier alpha value is -0.190. The van der Waals surface area contributed by atoms with E-state index >= 15 is 0 Å². The smallest absolute Gasteiger partial charge is 0.141 e. The molecule has 3 heteroatoms. The van der Waals surface area contributed by atoms with Crippen LogP contribution in [0.25, 0.3) is 0 Å². The lowest BCUT2D eigenvalue weighted by Crippen LogP contribution is -1.86. The molecule has 0 N–H and O–H groups in total. The van der Waals surface area contributed by atoms with E-state index in [1.54, 1.807) is 0 Å². The van der Waals surface area contributed by atoms with Crippen LogP contribution in [0.4, 0.5) is 4.39 Å². The van der Waals surface area contributed by atoms with Gasteiger partial charge in [0.1, 0.15) is 9.52 Å². The summed E-state index contributed by atoms with van der Waals surface area (Å²) in [6.45, 7) is 1.83. The summed E-state index contributed by atoms with van der Waals surface area (Å²) in [6.07, 6.45) is 1.22. The first kappa shape index (κ1) is 6.92. The topological polar surface area (TPSA) is 12.9 Å². The van der Waals surface area contributed by atoms with Gasteiger partial charge in [0, 0.05) is 0 Å². The van der Waals surface area contributed by atoms with Gasteiger partial charge in [0.2, 0.25) is 0 Å². The van der Waals surface area contributed by atoms with E-state index < -0.39 is 0 Å². The summed E-state index contributed by atoms with van der Waals surface area (Å²) in [6, 6.07) is 1.47. The number of pyridine rings is 1. The van der Waals surface area contributed by atoms with Crippen LogP contribution in [-0.2, 0) is 0 Å². The number of nitrogens with zero attached hydrogens (tertiary/aromatic N) is 1. The average molecular weight is 237 g/mol. The zero-order valence-electron chi connectivity index (χ0n) is 4.86. The number of aromatic nitrogens is 1. The van der Waals surface area contributed by atoms with E-state index in [4.69, 9.17) is 0 Å². The molecule has 1 nitrogen and oxygen atoms in total. The Morgan fingerprint density at radius 1 is 1.67 bits per heavy atom. The minimum Gasteiger partial charge on any atom is -0.247 e. The summed E-state index contributed by atoms with van der Waals surface area (Å²) in [5.74, 6) is -0.270. The van der Waals surface area contributed by atoms with Gasteiger partial charge in [0.05, 0.1) is 6.20 Å². The van der Waals surface area contributed by atoms with Crippen LogP contribution in [-0.4, -0.2) is 4.98 Å². The van der Waals surface area contributed by atoms with E-state index in [0.717, 1.165) is 9.26 Å². The fourth-order valence-electron chi connectivity index (χ4n) is 0.524. The molecule has 0 aromatic carbocycles. The van der Waals surface area contributed by atoms with E-state index in [2.05, 4.69) is 27.6 Å². The number of hydrogen-bond acceptors (Lipinski definition) is 1. The van der Waals surface area contributed by atoms with Crippen LogP contribution in [0.3, 0.4) is 0 Å². The highest BCUT2D eigenvalue weighted by molar-refractivity contribution is 14.1. The summed E-state index contributed by atoms with van der Waals surface area (Å²) in [4.78, 5) is 3.79. The molecule has 0 saturated heterocycles. The van der Waals surface area contributed by atoms with Gasteiger partial charge in [0.15, 0.2) is 0 Å². The molecule has 0 atom stereocenters. The second-order valence-electron chi connectivity index (χ2n) is 1.76. The molecule has 1 aromatic rings. The molecule has 9 heavy (non-hydrogen) atoms. The van der Waals surface area contributed by atoms with Gasteiger partial charge in [-0.3, -0.25) is 0 Å². The predicted octanol–water partition coefficient (Wildman–Crippen LogP) is 2.13. The fraction of sp³-hybridized carbons (Fsp3) is 0.167. The van der Waals surface area contributed by atoms with Gasteiger partial charge in [-0.2, -0.15) is 0 Å². The summed E-state index contributed by atoms with van der Waals surface area (Å²) in [5.41, 5.74) is 0.885. The summed E-state index contributed by atoms with van der Waals surface area (Å²) < 4.78 is 13.1. The number of aryl methyl sites for hydroxylation is 1. The number of rotatable bonds is 0. The second-order valence-corrected chi connectivity index (χ2v) is 2.78. The summed E-state index contributed by atoms with van der Waals surface area (Å²) >= 11 is 2.06. The first-order valence-electron chi connectivity index (χ1n) is 2.48. The molecule has 0 unspecified atom stereocenters. The molecule has 0 bridgehead atoms. The maximum Gasteiger partial charge on any atom is 0.141 e. The SMILES string of the molecule is Cc1cc(F)cnc1I. The van der Waals surface area contributed by atoms with Crippen LogP contribution in [0, 0.1) is 16.4 Å². The van der Waals surface area contributed by atoms with E-state index in [0.29, 0.717) is 0 Å². The minimum atomic E-state index is -0.270. The standard InChI is InChI=1S/C6H5FIN/c1-4-2-5(7)3-9-6(4)8/h2-3H,1H3. The zero-order chi connectivity index (χ0) is 6.85. The van der Waals surface area contributed by atoms with E-state index in [1.807, 2.05) is 6.92 Å². The van der Waals surface area contributed by atoms with Crippen molar-refractivity contribution in [3.05, 3.63) is 27.3 Å². The predicted molar refractivity (Wildman–Crippen MR) is 41.6 cm³/mol. The molecule has 0 aliphatic rings. The third-order valence-electron chi connectivity index (χ3n) is 0.981. The lowest BCUT2D eigenvalue weighted by atomic mass is 10.3. The van der Waals surface area contributed by atoms with Gasteiger partial charge in [-0.05, 0) is 41.1 Å². The van der Waals surface area contributed by atoms with Crippen LogP contribution in [0.15, 0.2) is 12.3 Å². The molecule has 0 radical (unpaired) electrons. The van der Waals surface area contributed by atoms with Crippen molar-refractivity contribution in [1.82, 2.24) is 4.98 Å². The van der Waals surface area contributed by atoms with Crippen LogP contribution >= 0.6 is 22.6 Å². The Morgan fingerprint density at radius 3 is 2.78 bits per heavy atom. The number of halogens is 2. The third-order valence-corrected chi connectivity index (χ3v) is 2.11. The maximum absolute atomic E-state index is 12.3. The van der Waals surface area contributed by atoms with E-state index in [9.17, 15) is 4.39 Å². The van der Waals surface area contributed by atoms with Gasteiger partial charge in [-0.15, -0.1) is 0 Å².